The van der Waals surface area contributed by atoms with Crippen LogP contribution in [0.3, 0.4) is 0 Å². The molecule has 0 radical (unpaired) electrons. The molecule has 6 aromatic rings. The van der Waals surface area contributed by atoms with Crippen LogP contribution in [0.2, 0.25) is 5.02 Å². The number of rotatable bonds is 8. The van der Waals surface area contributed by atoms with E-state index in [9.17, 15) is 14.9 Å². The molecule has 2 aromatic heterocycles. The van der Waals surface area contributed by atoms with E-state index in [0.717, 1.165) is 10.9 Å². The number of methoxy groups -OCH3 is 1. The number of para-hydroxylation sites is 1. The van der Waals surface area contributed by atoms with Crippen molar-refractivity contribution in [3.05, 3.63) is 126 Å². The summed E-state index contributed by atoms with van der Waals surface area (Å²) < 4.78 is 19.3. The molecule has 10 nitrogen and oxygen atoms in total. The second kappa shape index (κ2) is 11.7. The smallest absolute Gasteiger partial charge is 0.282 e. The van der Waals surface area contributed by atoms with Gasteiger partial charge in [0.1, 0.15) is 12.2 Å². The Kier molecular flexibility index (Phi) is 7.66. The molecule has 0 saturated carbocycles. The van der Waals surface area contributed by atoms with E-state index in [2.05, 4.69) is 21.0 Å². The van der Waals surface area contributed by atoms with Crippen LogP contribution in [0.25, 0.3) is 33.5 Å². The maximum Gasteiger partial charge on any atom is 0.282 e. The van der Waals surface area contributed by atoms with Crippen molar-refractivity contribution in [2.45, 2.75) is 6.61 Å². The fourth-order valence-electron chi connectivity index (χ4n) is 4.46. The van der Waals surface area contributed by atoms with Gasteiger partial charge in [-0.2, -0.15) is 9.78 Å². The molecule has 0 unspecified atom stereocenters. The molecule has 0 aliphatic heterocycles. The van der Waals surface area contributed by atoms with Gasteiger partial charge in [0, 0.05) is 22.5 Å². The molecule has 0 atom stereocenters. The van der Waals surface area contributed by atoms with E-state index < -0.39 is 4.92 Å². The van der Waals surface area contributed by atoms with Gasteiger partial charge in [0.05, 0.1) is 33.6 Å². The summed E-state index contributed by atoms with van der Waals surface area (Å²) in [6, 6.07) is 23.6. The van der Waals surface area contributed by atoms with Crippen molar-refractivity contribution in [2.75, 3.05) is 7.11 Å². The van der Waals surface area contributed by atoms with Crippen LogP contribution in [-0.2, 0) is 6.61 Å². The van der Waals surface area contributed by atoms with Gasteiger partial charge in [-0.3, -0.25) is 14.9 Å². The summed E-state index contributed by atoms with van der Waals surface area (Å²) in [5.74, 6) is 1.42. The second-order valence-electron chi connectivity index (χ2n) is 9.35. The predicted octanol–water partition coefficient (Wildman–Crippen LogP) is 7.60. The molecule has 2 heterocycles. The van der Waals surface area contributed by atoms with Gasteiger partial charge in [-0.25, -0.2) is 4.98 Å². The van der Waals surface area contributed by atoms with Crippen molar-refractivity contribution >= 4 is 61.3 Å². The number of fused-ring (bicyclic) bond motifs is 2. The highest BCUT2D eigenvalue weighted by Crippen LogP contribution is 2.37. The minimum atomic E-state index is -0.456. The summed E-state index contributed by atoms with van der Waals surface area (Å²) in [5, 5.41) is 17.1. The topological polar surface area (TPSA) is 122 Å². The first-order valence-corrected chi connectivity index (χ1v) is 14.0. The Morgan fingerprint density at radius 1 is 1.09 bits per heavy atom. The fourth-order valence-corrected chi connectivity index (χ4v) is 5.22. The van der Waals surface area contributed by atoms with Crippen molar-refractivity contribution in [2.24, 2.45) is 5.10 Å². The van der Waals surface area contributed by atoms with Crippen LogP contribution in [-0.4, -0.2) is 27.9 Å². The number of hydrogen-bond acceptors (Lipinski definition) is 8. The summed E-state index contributed by atoms with van der Waals surface area (Å²) in [7, 11) is 1.51. The average Bonchev–Trinajstić information content (AvgIpc) is 3.43. The van der Waals surface area contributed by atoms with Crippen molar-refractivity contribution in [1.29, 1.82) is 0 Å². The molecule has 0 aliphatic carbocycles. The van der Waals surface area contributed by atoms with E-state index in [1.54, 1.807) is 72.8 Å². The fraction of sp³-hybridized carbons (Fsp3) is 0.0645. The number of nitrogens with zero attached hydrogens (tertiary/aromatic N) is 4. The zero-order chi connectivity index (χ0) is 30.1. The number of ether oxygens (including phenoxy) is 2. The van der Waals surface area contributed by atoms with E-state index in [0.29, 0.717) is 48.8 Å². The number of non-ortho nitro benzene ring substituents is 1. The van der Waals surface area contributed by atoms with Gasteiger partial charge in [0.15, 0.2) is 17.3 Å². The molecule has 0 fully saturated rings. The first-order chi connectivity index (χ1) is 20.8. The Bertz CT molecular complexity index is 2110. The summed E-state index contributed by atoms with van der Waals surface area (Å²) in [5.41, 5.74) is 2.08. The minimum absolute atomic E-state index is 0.000233. The SMILES string of the molecule is COc1cc(C=Nn2c(-c3cc4cc(Cl)ccc4o3)nc3ccccc3c2=O)cc(Br)c1OCc1ccc([N+](=O)[O-])cc1. The highest BCUT2D eigenvalue weighted by Gasteiger charge is 2.17. The number of benzene rings is 4. The molecule has 0 spiro atoms. The summed E-state index contributed by atoms with van der Waals surface area (Å²) in [4.78, 5) is 28.8. The molecule has 43 heavy (non-hydrogen) atoms. The summed E-state index contributed by atoms with van der Waals surface area (Å²) >= 11 is 9.69. The summed E-state index contributed by atoms with van der Waals surface area (Å²) in [6.45, 7) is 0.157. The zero-order valence-electron chi connectivity index (χ0n) is 22.4. The van der Waals surface area contributed by atoms with Gasteiger partial charge >= 0.3 is 0 Å². The van der Waals surface area contributed by atoms with Gasteiger partial charge < -0.3 is 13.9 Å². The first-order valence-electron chi connectivity index (χ1n) is 12.8. The predicted molar refractivity (Wildman–Crippen MR) is 167 cm³/mol. The van der Waals surface area contributed by atoms with Gasteiger partial charge in [0.25, 0.3) is 11.2 Å². The normalized spacial score (nSPS) is 11.4. The molecule has 0 aliphatic rings. The molecule has 0 bridgehead atoms. The first kappa shape index (κ1) is 28.1. The Balaban J connectivity index is 1.36. The van der Waals surface area contributed by atoms with Crippen LogP contribution in [0.1, 0.15) is 11.1 Å². The lowest BCUT2D eigenvalue weighted by Crippen LogP contribution is -2.20. The zero-order valence-corrected chi connectivity index (χ0v) is 24.7. The van der Waals surface area contributed by atoms with Gasteiger partial charge in [-0.1, -0.05) is 23.7 Å². The Morgan fingerprint density at radius 2 is 1.88 bits per heavy atom. The number of hydrogen-bond donors (Lipinski definition) is 0. The lowest BCUT2D eigenvalue weighted by molar-refractivity contribution is -0.384. The number of aromatic nitrogens is 2. The molecule has 6 rings (SSSR count). The van der Waals surface area contributed by atoms with E-state index in [4.69, 9.17) is 30.5 Å². The van der Waals surface area contributed by atoms with Gasteiger partial charge in [-0.15, -0.1) is 0 Å². The highest BCUT2D eigenvalue weighted by molar-refractivity contribution is 9.10. The second-order valence-corrected chi connectivity index (χ2v) is 10.6. The number of furan rings is 1. The molecule has 4 aromatic carbocycles. The third kappa shape index (κ3) is 5.72. The van der Waals surface area contributed by atoms with E-state index in [-0.39, 0.29) is 23.7 Å². The van der Waals surface area contributed by atoms with Crippen LogP contribution < -0.4 is 15.0 Å². The maximum atomic E-state index is 13.6. The average molecular weight is 660 g/mol. The van der Waals surface area contributed by atoms with Crippen LogP contribution in [0, 0.1) is 10.1 Å². The Morgan fingerprint density at radius 3 is 2.65 bits per heavy atom. The Hall–Kier alpha value is -5.00. The monoisotopic (exact) mass is 658 g/mol. The molecule has 214 valence electrons. The van der Waals surface area contributed by atoms with Gasteiger partial charge in [0.2, 0.25) is 5.82 Å². The van der Waals surface area contributed by atoms with Gasteiger partial charge in [-0.05, 0) is 87.7 Å². The maximum absolute atomic E-state index is 13.6. The molecule has 0 amide bonds. The molecular formula is C31H20BrClN4O6. The molecule has 0 N–H and O–H groups in total. The van der Waals surface area contributed by atoms with E-state index in [1.165, 1.54) is 30.1 Å². The van der Waals surface area contributed by atoms with E-state index in [1.807, 2.05) is 0 Å². The standard InChI is InChI=1S/C31H20BrClN4O6/c1-41-27-13-19(12-24(32)29(27)42-17-18-6-9-22(10-7-18)37(39)40)16-34-36-30(35-25-5-3-2-4-23(25)31(36)38)28-15-20-14-21(33)8-11-26(20)43-28/h2-16H,17H2,1H3. The Labute approximate surface area is 257 Å². The van der Waals surface area contributed by atoms with Crippen molar-refractivity contribution in [3.63, 3.8) is 0 Å². The molecule has 12 heteroatoms. The third-order valence-electron chi connectivity index (χ3n) is 6.56. The van der Waals surface area contributed by atoms with Crippen molar-refractivity contribution < 1.29 is 18.8 Å². The van der Waals surface area contributed by atoms with Crippen LogP contribution in [0.15, 0.2) is 104 Å². The number of nitro groups is 1. The van der Waals surface area contributed by atoms with Crippen molar-refractivity contribution in [1.82, 2.24) is 9.66 Å². The van der Waals surface area contributed by atoms with Crippen LogP contribution in [0.5, 0.6) is 11.5 Å². The number of nitro benzene ring substituents is 1. The highest BCUT2D eigenvalue weighted by atomic mass is 79.9. The minimum Gasteiger partial charge on any atom is -0.493 e. The van der Waals surface area contributed by atoms with Crippen LogP contribution >= 0.6 is 27.5 Å². The van der Waals surface area contributed by atoms with E-state index >= 15 is 0 Å². The summed E-state index contributed by atoms with van der Waals surface area (Å²) in [6.07, 6.45) is 1.51. The molecular weight excluding hydrogens is 640 g/mol. The lowest BCUT2D eigenvalue weighted by atomic mass is 10.2. The molecule has 0 saturated heterocycles. The largest absolute Gasteiger partial charge is 0.493 e. The van der Waals surface area contributed by atoms with Crippen molar-refractivity contribution in [3.8, 4) is 23.1 Å². The lowest BCUT2D eigenvalue weighted by Gasteiger charge is -2.13. The quantitative estimate of drug-likeness (QED) is 0.0937. The van der Waals surface area contributed by atoms with Crippen LogP contribution in [0.4, 0.5) is 5.69 Å². The third-order valence-corrected chi connectivity index (χ3v) is 7.38. The number of halogens is 2.